The Labute approximate surface area is 122 Å². The molecule has 1 aromatic carbocycles. The van der Waals surface area contributed by atoms with Crippen molar-refractivity contribution in [2.75, 3.05) is 7.11 Å². The lowest BCUT2D eigenvalue weighted by atomic mass is 10.0. The van der Waals surface area contributed by atoms with Crippen LogP contribution in [0.25, 0.3) is 0 Å². The molecule has 0 radical (unpaired) electrons. The topological polar surface area (TPSA) is 68.5 Å². The Morgan fingerprint density at radius 3 is 2.52 bits per heavy atom. The zero-order valence-electron chi connectivity index (χ0n) is 11.8. The quantitative estimate of drug-likeness (QED) is 0.918. The molecule has 0 spiro atoms. The Bertz CT molecular complexity index is 631. The summed E-state index contributed by atoms with van der Waals surface area (Å²) in [5.74, 6) is -0.890. The number of carbonyl (C=O) groups excluding carboxylic acids is 1. The van der Waals surface area contributed by atoms with Crippen molar-refractivity contribution in [3.63, 3.8) is 0 Å². The van der Waals surface area contributed by atoms with Crippen molar-refractivity contribution in [3.8, 4) is 0 Å². The van der Waals surface area contributed by atoms with Crippen LogP contribution in [0.1, 0.15) is 23.2 Å². The van der Waals surface area contributed by atoms with Crippen LogP contribution in [0.4, 0.5) is 4.79 Å². The number of benzene rings is 1. The van der Waals surface area contributed by atoms with E-state index in [0.717, 1.165) is 11.1 Å². The number of ether oxygens (including phenoxy) is 1. The van der Waals surface area contributed by atoms with Gasteiger partial charge in [-0.15, -0.1) is 0 Å². The number of hydrogen-bond acceptors (Lipinski definition) is 3. The number of hydrogen-bond donors (Lipinski definition) is 1. The van der Waals surface area contributed by atoms with Crippen molar-refractivity contribution in [1.82, 2.24) is 4.57 Å². The highest BCUT2D eigenvalue weighted by Gasteiger charge is 2.16. The maximum absolute atomic E-state index is 11.7. The third-order valence-electron chi connectivity index (χ3n) is 3.27. The fourth-order valence-electron chi connectivity index (χ4n) is 2.26. The van der Waals surface area contributed by atoms with Gasteiger partial charge in [0, 0.05) is 11.9 Å². The second-order valence-corrected chi connectivity index (χ2v) is 4.68. The monoisotopic (exact) mass is 287 g/mol. The minimum absolute atomic E-state index is 0.0250. The Balaban J connectivity index is 2.29. The van der Waals surface area contributed by atoms with Crippen LogP contribution in [-0.2, 0) is 22.4 Å². The number of carbonyl (C=O) groups is 2. The molecular formula is C16H17NO4. The van der Waals surface area contributed by atoms with E-state index in [1.54, 1.807) is 6.20 Å². The third-order valence-corrected chi connectivity index (χ3v) is 3.27. The van der Waals surface area contributed by atoms with Gasteiger partial charge in [0.15, 0.2) is 0 Å². The first kappa shape index (κ1) is 14.8. The molecule has 0 aliphatic carbocycles. The first-order chi connectivity index (χ1) is 10.1. The van der Waals surface area contributed by atoms with Crippen LogP contribution < -0.4 is 0 Å². The van der Waals surface area contributed by atoms with Gasteiger partial charge >= 0.3 is 12.1 Å². The van der Waals surface area contributed by atoms with E-state index in [1.807, 2.05) is 36.4 Å². The Morgan fingerprint density at radius 2 is 1.90 bits per heavy atom. The standard InChI is InChI=1S/C16H17NO4/c1-21-16(20)17-10-9-13(14(17)7-8-15(18)19)11-12-5-3-2-4-6-12/h2-6,9-10H,7-8,11H2,1H3,(H,18,19). The van der Waals surface area contributed by atoms with Gasteiger partial charge in [-0.05, 0) is 30.0 Å². The fourth-order valence-corrected chi connectivity index (χ4v) is 2.26. The van der Waals surface area contributed by atoms with E-state index in [1.165, 1.54) is 11.7 Å². The van der Waals surface area contributed by atoms with Gasteiger partial charge in [0.25, 0.3) is 0 Å². The highest BCUT2D eigenvalue weighted by molar-refractivity contribution is 5.73. The number of methoxy groups -OCH3 is 1. The SMILES string of the molecule is COC(=O)n1ccc(Cc2ccccc2)c1CCC(=O)O. The molecule has 0 fully saturated rings. The first-order valence-electron chi connectivity index (χ1n) is 6.65. The van der Waals surface area contributed by atoms with Crippen LogP contribution >= 0.6 is 0 Å². The van der Waals surface area contributed by atoms with Gasteiger partial charge in [0.2, 0.25) is 0 Å². The molecule has 0 atom stereocenters. The predicted octanol–water partition coefficient (Wildman–Crippen LogP) is 2.71. The number of carboxylic acid groups (broad SMARTS) is 1. The minimum Gasteiger partial charge on any atom is -0.481 e. The molecule has 2 aromatic rings. The molecule has 0 unspecified atom stereocenters. The molecule has 21 heavy (non-hydrogen) atoms. The van der Waals surface area contributed by atoms with E-state index in [9.17, 15) is 9.59 Å². The summed E-state index contributed by atoms with van der Waals surface area (Å²) in [4.78, 5) is 22.5. The molecule has 0 saturated carbocycles. The molecule has 110 valence electrons. The van der Waals surface area contributed by atoms with Gasteiger partial charge in [-0.25, -0.2) is 4.79 Å². The molecule has 0 aliphatic rings. The lowest BCUT2D eigenvalue weighted by Crippen LogP contribution is -2.15. The molecule has 5 nitrogen and oxygen atoms in total. The number of aromatic nitrogens is 1. The molecule has 0 amide bonds. The van der Waals surface area contributed by atoms with E-state index in [2.05, 4.69) is 0 Å². The van der Waals surface area contributed by atoms with Gasteiger partial charge < -0.3 is 9.84 Å². The third kappa shape index (κ3) is 3.72. The summed E-state index contributed by atoms with van der Waals surface area (Å²) in [5.41, 5.74) is 2.73. The molecule has 0 aliphatic heterocycles. The van der Waals surface area contributed by atoms with Crippen molar-refractivity contribution in [2.24, 2.45) is 0 Å². The summed E-state index contributed by atoms with van der Waals surface area (Å²) in [7, 11) is 1.31. The maximum Gasteiger partial charge on any atom is 0.417 e. The summed E-state index contributed by atoms with van der Waals surface area (Å²) in [6.07, 6.45) is 2.04. The average molecular weight is 287 g/mol. The van der Waals surface area contributed by atoms with E-state index >= 15 is 0 Å². The number of aliphatic carboxylic acids is 1. The largest absolute Gasteiger partial charge is 0.481 e. The van der Waals surface area contributed by atoms with Crippen LogP contribution in [0, 0.1) is 0 Å². The van der Waals surface area contributed by atoms with Crippen LogP contribution in [0.3, 0.4) is 0 Å². The van der Waals surface area contributed by atoms with Gasteiger partial charge in [-0.1, -0.05) is 30.3 Å². The van der Waals surface area contributed by atoms with Crippen LogP contribution in [-0.4, -0.2) is 28.8 Å². The summed E-state index contributed by atoms with van der Waals surface area (Å²) in [6, 6.07) is 11.7. The molecule has 2 rings (SSSR count). The van der Waals surface area contributed by atoms with E-state index < -0.39 is 12.1 Å². The molecule has 1 heterocycles. The highest BCUT2D eigenvalue weighted by atomic mass is 16.5. The minimum atomic E-state index is -0.890. The maximum atomic E-state index is 11.7. The zero-order valence-corrected chi connectivity index (χ0v) is 11.8. The van der Waals surface area contributed by atoms with Crippen LogP contribution in [0.5, 0.6) is 0 Å². The lowest BCUT2D eigenvalue weighted by Gasteiger charge is -2.09. The van der Waals surface area contributed by atoms with Crippen molar-refractivity contribution in [2.45, 2.75) is 19.3 Å². The van der Waals surface area contributed by atoms with Crippen molar-refractivity contribution in [1.29, 1.82) is 0 Å². The van der Waals surface area contributed by atoms with E-state index in [-0.39, 0.29) is 6.42 Å². The number of rotatable bonds is 5. The summed E-state index contributed by atoms with van der Waals surface area (Å²) in [6.45, 7) is 0. The molecule has 1 aromatic heterocycles. The zero-order chi connectivity index (χ0) is 15.2. The second kappa shape index (κ2) is 6.74. The Kier molecular flexibility index (Phi) is 4.77. The number of nitrogens with zero attached hydrogens (tertiary/aromatic N) is 1. The van der Waals surface area contributed by atoms with Crippen molar-refractivity contribution < 1.29 is 19.4 Å². The normalized spacial score (nSPS) is 10.3. The molecular weight excluding hydrogens is 270 g/mol. The average Bonchev–Trinajstić information content (AvgIpc) is 2.88. The second-order valence-electron chi connectivity index (χ2n) is 4.68. The van der Waals surface area contributed by atoms with Crippen molar-refractivity contribution >= 4 is 12.1 Å². The van der Waals surface area contributed by atoms with Gasteiger partial charge in [-0.3, -0.25) is 9.36 Å². The first-order valence-corrected chi connectivity index (χ1v) is 6.65. The lowest BCUT2D eigenvalue weighted by molar-refractivity contribution is -0.137. The van der Waals surface area contributed by atoms with E-state index in [0.29, 0.717) is 18.5 Å². The highest BCUT2D eigenvalue weighted by Crippen LogP contribution is 2.18. The van der Waals surface area contributed by atoms with Crippen LogP contribution in [0.2, 0.25) is 0 Å². The predicted molar refractivity (Wildman–Crippen MR) is 77.4 cm³/mol. The summed E-state index contributed by atoms with van der Waals surface area (Å²) < 4.78 is 6.10. The Hall–Kier alpha value is -2.56. The smallest absolute Gasteiger partial charge is 0.417 e. The van der Waals surface area contributed by atoms with Gasteiger partial charge in [0.1, 0.15) is 0 Å². The van der Waals surface area contributed by atoms with Gasteiger partial charge in [0.05, 0.1) is 13.5 Å². The molecule has 0 bridgehead atoms. The molecule has 5 heteroatoms. The van der Waals surface area contributed by atoms with Crippen LogP contribution in [0.15, 0.2) is 42.6 Å². The summed E-state index contributed by atoms with van der Waals surface area (Å²) >= 11 is 0. The summed E-state index contributed by atoms with van der Waals surface area (Å²) in [5, 5.41) is 8.85. The van der Waals surface area contributed by atoms with E-state index in [4.69, 9.17) is 9.84 Å². The molecule has 0 saturated heterocycles. The number of carboxylic acids is 1. The van der Waals surface area contributed by atoms with Gasteiger partial charge in [-0.2, -0.15) is 0 Å². The Morgan fingerprint density at radius 1 is 1.19 bits per heavy atom. The molecule has 1 N–H and O–H groups in total. The van der Waals surface area contributed by atoms with Crippen molar-refractivity contribution in [3.05, 3.63) is 59.4 Å². The fraction of sp³-hybridized carbons (Fsp3) is 0.250.